The molecule has 1 fully saturated rings. The Morgan fingerprint density at radius 1 is 1.30 bits per heavy atom. The number of aliphatic imine (C=N–C) groups is 2. The smallest absolute Gasteiger partial charge is 0.157 e. The van der Waals surface area contributed by atoms with E-state index in [1.807, 2.05) is 19.2 Å². The third-order valence-corrected chi connectivity index (χ3v) is 6.84. The fourth-order valence-electron chi connectivity index (χ4n) is 5.29. The largest absolute Gasteiger partial charge is 0.368 e. The number of aliphatic hydroxyl groups is 2. The number of hydrogen-bond donors (Lipinski definition) is 3. The van der Waals surface area contributed by atoms with Gasteiger partial charge in [-0.15, -0.1) is 0 Å². The maximum atomic E-state index is 13.9. The second-order valence-electron chi connectivity index (χ2n) is 8.60. The monoisotopic (exact) mass is 379 g/mol. The van der Waals surface area contributed by atoms with E-state index in [1.54, 1.807) is 6.08 Å². The quantitative estimate of drug-likeness (QED) is 0.377. The minimum atomic E-state index is -1.39. The first kappa shape index (κ1) is 20.6. The maximum Gasteiger partial charge on any atom is 0.157 e. The Hall–Kier alpha value is -1.11. The fraction of sp³-hybridized carbons (Fsp3) is 0.810. The zero-order valence-corrected chi connectivity index (χ0v) is 16.3. The summed E-state index contributed by atoms with van der Waals surface area (Å²) >= 11 is 0. The summed E-state index contributed by atoms with van der Waals surface area (Å²) in [5, 5.41) is 23.0. The van der Waals surface area contributed by atoms with Crippen LogP contribution in [0, 0.1) is 29.6 Å². The summed E-state index contributed by atoms with van der Waals surface area (Å²) < 4.78 is 13.9. The molecule has 152 valence electrons. The van der Waals surface area contributed by atoms with Gasteiger partial charge in [0.25, 0.3) is 0 Å². The summed E-state index contributed by atoms with van der Waals surface area (Å²) in [6, 6.07) is 0.237. The molecule has 0 aromatic heterocycles. The Kier molecular flexibility index (Phi) is 7.17. The van der Waals surface area contributed by atoms with E-state index in [0.29, 0.717) is 24.3 Å². The average Bonchev–Trinajstić information content (AvgIpc) is 2.68. The normalized spacial score (nSPS) is 40.9. The molecule has 2 aliphatic heterocycles. The van der Waals surface area contributed by atoms with Crippen LogP contribution in [0.25, 0.3) is 0 Å². The van der Waals surface area contributed by atoms with E-state index >= 15 is 0 Å². The van der Waals surface area contributed by atoms with Crippen LogP contribution in [0.3, 0.4) is 0 Å². The number of nitrogens with zero attached hydrogens (tertiary/aromatic N) is 2. The molecule has 3 aliphatic rings. The van der Waals surface area contributed by atoms with Crippen LogP contribution in [-0.4, -0.2) is 60.8 Å². The molecule has 0 bridgehead atoms. The highest BCUT2D eigenvalue weighted by Crippen LogP contribution is 2.41. The van der Waals surface area contributed by atoms with E-state index in [-0.39, 0.29) is 23.9 Å². The molecule has 0 radical (unpaired) electrons. The Morgan fingerprint density at radius 3 is 2.81 bits per heavy atom. The fourth-order valence-corrected chi connectivity index (χ4v) is 5.29. The molecule has 1 saturated heterocycles. The van der Waals surface area contributed by atoms with Gasteiger partial charge in [-0.25, -0.2) is 4.39 Å². The van der Waals surface area contributed by atoms with E-state index in [2.05, 4.69) is 17.0 Å². The maximum absolute atomic E-state index is 13.9. The Labute approximate surface area is 161 Å². The number of hydrogen-bond acceptors (Lipinski definition) is 5. The highest BCUT2D eigenvalue weighted by Gasteiger charge is 2.40. The van der Waals surface area contributed by atoms with Gasteiger partial charge in [-0.2, -0.15) is 0 Å². The van der Waals surface area contributed by atoms with Crippen LogP contribution >= 0.6 is 0 Å². The summed E-state index contributed by atoms with van der Waals surface area (Å²) in [5.74, 6) is 0.960. The lowest BCUT2D eigenvalue weighted by molar-refractivity contribution is -0.0952. The molecular weight excluding hydrogens is 345 g/mol. The summed E-state index contributed by atoms with van der Waals surface area (Å²) in [5.41, 5.74) is 0. The highest BCUT2D eigenvalue weighted by molar-refractivity contribution is 5.58. The summed E-state index contributed by atoms with van der Waals surface area (Å²) in [6.45, 7) is 6.71. The first-order valence-electron chi connectivity index (χ1n) is 10.4. The van der Waals surface area contributed by atoms with Gasteiger partial charge in [-0.05, 0) is 75.3 Å². The molecule has 6 heteroatoms. The lowest BCUT2D eigenvalue weighted by Crippen LogP contribution is -2.50. The van der Waals surface area contributed by atoms with Gasteiger partial charge in [0.1, 0.15) is 6.17 Å². The molecule has 2 heterocycles. The standard InChI is InChI=1S/C21H34FN3O2/c1-13-10-15(5-6-18(13)22)20-16(4-3-8-25-20)14-7-9-24-19(11-14)17(12-23-2)21(26)27/h5-6,8,13-21,24,26-27H,2-4,7,9-12H2,1H3. The van der Waals surface area contributed by atoms with Gasteiger partial charge in [-0.1, -0.05) is 19.1 Å². The van der Waals surface area contributed by atoms with Crippen LogP contribution < -0.4 is 5.32 Å². The van der Waals surface area contributed by atoms with Gasteiger partial charge in [-0.3, -0.25) is 4.99 Å². The van der Waals surface area contributed by atoms with Crippen LogP contribution in [0.2, 0.25) is 0 Å². The average molecular weight is 380 g/mol. The van der Waals surface area contributed by atoms with Gasteiger partial charge >= 0.3 is 0 Å². The SMILES string of the molecule is C=NCC(C(O)O)C1CC(C2CCC=NC2C2C=CC(F)C(C)C2)CCN1. The second kappa shape index (κ2) is 9.39. The number of piperidine rings is 1. The Morgan fingerprint density at radius 2 is 2.11 bits per heavy atom. The van der Waals surface area contributed by atoms with Crippen molar-refractivity contribution in [3.8, 4) is 0 Å². The molecule has 8 unspecified atom stereocenters. The van der Waals surface area contributed by atoms with E-state index in [4.69, 9.17) is 4.99 Å². The number of aliphatic hydroxyl groups excluding tert-OH is 1. The van der Waals surface area contributed by atoms with Crippen LogP contribution in [0.4, 0.5) is 4.39 Å². The van der Waals surface area contributed by atoms with E-state index in [1.165, 1.54) is 0 Å². The van der Waals surface area contributed by atoms with Gasteiger partial charge in [0.2, 0.25) is 0 Å². The molecule has 3 N–H and O–H groups in total. The van der Waals surface area contributed by atoms with E-state index in [0.717, 1.165) is 38.6 Å². The van der Waals surface area contributed by atoms with Crippen molar-refractivity contribution in [3.05, 3.63) is 12.2 Å². The molecule has 0 aromatic carbocycles. The number of rotatable bonds is 6. The Balaban J connectivity index is 1.72. The third-order valence-electron chi connectivity index (χ3n) is 6.84. The lowest BCUT2D eigenvalue weighted by Gasteiger charge is -2.43. The van der Waals surface area contributed by atoms with Crippen LogP contribution in [0.5, 0.6) is 0 Å². The molecule has 1 aliphatic carbocycles. The zero-order valence-electron chi connectivity index (χ0n) is 16.3. The number of nitrogens with one attached hydrogen (secondary N) is 1. The molecule has 5 nitrogen and oxygen atoms in total. The van der Waals surface area contributed by atoms with Crippen molar-refractivity contribution >= 4 is 12.9 Å². The third kappa shape index (κ3) is 4.84. The molecule has 8 atom stereocenters. The molecule has 0 aromatic rings. The number of alkyl halides is 1. The first-order chi connectivity index (χ1) is 13.0. The summed E-state index contributed by atoms with van der Waals surface area (Å²) in [7, 11) is 0. The topological polar surface area (TPSA) is 77.2 Å². The number of allylic oxidation sites excluding steroid dienone is 1. The highest BCUT2D eigenvalue weighted by atomic mass is 19.1. The van der Waals surface area contributed by atoms with E-state index in [9.17, 15) is 14.6 Å². The van der Waals surface area contributed by atoms with Crippen LogP contribution in [-0.2, 0) is 0 Å². The van der Waals surface area contributed by atoms with Crippen molar-refractivity contribution in [3.63, 3.8) is 0 Å². The molecule has 3 rings (SSSR count). The Bertz CT molecular complexity index is 554. The molecule has 0 saturated carbocycles. The van der Waals surface area contributed by atoms with Crippen molar-refractivity contribution in [1.82, 2.24) is 5.32 Å². The van der Waals surface area contributed by atoms with Gasteiger partial charge < -0.3 is 20.5 Å². The first-order valence-corrected chi connectivity index (χ1v) is 10.4. The van der Waals surface area contributed by atoms with Crippen molar-refractivity contribution in [2.24, 2.45) is 39.6 Å². The summed E-state index contributed by atoms with van der Waals surface area (Å²) in [4.78, 5) is 8.76. The number of halogens is 1. The van der Waals surface area contributed by atoms with Gasteiger partial charge in [0.15, 0.2) is 6.29 Å². The van der Waals surface area contributed by atoms with Gasteiger partial charge in [0.05, 0.1) is 6.04 Å². The minimum Gasteiger partial charge on any atom is -0.368 e. The molecule has 0 spiro atoms. The van der Waals surface area contributed by atoms with Crippen molar-refractivity contribution in [2.45, 2.75) is 63.6 Å². The van der Waals surface area contributed by atoms with Crippen molar-refractivity contribution in [1.29, 1.82) is 0 Å². The predicted octanol–water partition coefficient (Wildman–Crippen LogP) is 2.38. The molecule has 0 amide bonds. The zero-order chi connectivity index (χ0) is 19.4. The lowest BCUT2D eigenvalue weighted by atomic mass is 9.68. The van der Waals surface area contributed by atoms with Crippen LogP contribution in [0.1, 0.15) is 39.0 Å². The van der Waals surface area contributed by atoms with Crippen molar-refractivity contribution in [2.75, 3.05) is 13.1 Å². The summed E-state index contributed by atoms with van der Waals surface area (Å²) in [6.07, 6.45) is 8.50. The molecular formula is C21H34FN3O2. The minimum absolute atomic E-state index is 0.0249. The molecule has 27 heavy (non-hydrogen) atoms. The van der Waals surface area contributed by atoms with Gasteiger partial charge in [0, 0.05) is 18.5 Å². The predicted molar refractivity (Wildman–Crippen MR) is 107 cm³/mol. The van der Waals surface area contributed by atoms with E-state index < -0.39 is 12.5 Å². The second-order valence-corrected chi connectivity index (χ2v) is 8.60. The van der Waals surface area contributed by atoms with Crippen molar-refractivity contribution < 1.29 is 14.6 Å². The van der Waals surface area contributed by atoms with Crippen LogP contribution in [0.15, 0.2) is 22.1 Å².